The zero-order valence-electron chi connectivity index (χ0n) is 19.3. The van der Waals surface area contributed by atoms with Crippen LogP contribution in [0.3, 0.4) is 0 Å². The van der Waals surface area contributed by atoms with Crippen molar-refractivity contribution in [2.45, 2.75) is 26.1 Å². The molecular formula is C27H21F4NO4. The molecule has 1 amide bonds. The maximum absolute atomic E-state index is 13.6. The summed E-state index contributed by atoms with van der Waals surface area (Å²) in [6.07, 6.45) is -4.59. The van der Waals surface area contributed by atoms with Gasteiger partial charge in [0.1, 0.15) is 17.3 Å². The Morgan fingerprint density at radius 2 is 1.64 bits per heavy atom. The van der Waals surface area contributed by atoms with E-state index in [1.807, 2.05) is 6.92 Å². The molecule has 36 heavy (non-hydrogen) atoms. The molecule has 3 aromatic carbocycles. The summed E-state index contributed by atoms with van der Waals surface area (Å²) < 4.78 is 58.3. The zero-order valence-corrected chi connectivity index (χ0v) is 19.3. The van der Waals surface area contributed by atoms with Crippen LogP contribution in [0.5, 0.6) is 5.75 Å². The van der Waals surface area contributed by atoms with Gasteiger partial charge in [0.05, 0.1) is 23.8 Å². The predicted octanol–water partition coefficient (Wildman–Crippen LogP) is 6.18. The van der Waals surface area contributed by atoms with E-state index in [0.29, 0.717) is 23.5 Å². The number of anilines is 1. The second-order valence-corrected chi connectivity index (χ2v) is 8.18. The number of benzene rings is 3. The number of alkyl halides is 3. The third-order valence-electron chi connectivity index (χ3n) is 5.85. The summed E-state index contributed by atoms with van der Waals surface area (Å²) in [4.78, 5) is 27.3. The summed E-state index contributed by atoms with van der Waals surface area (Å²) in [7, 11) is 0. The van der Waals surface area contributed by atoms with E-state index in [0.717, 1.165) is 41.3 Å². The lowest BCUT2D eigenvalue weighted by molar-refractivity contribution is -0.137. The van der Waals surface area contributed by atoms with Crippen LogP contribution in [-0.4, -0.2) is 23.4 Å². The van der Waals surface area contributed by atoms with Crippen molar-refractivity contribution >= 4 is 23.1 Å². The van der Waals surface area contributed by atoms with Gasteiger partial charge in [-0.3, -0.25) is 14.5 Å². The lowest BCUT2D eigenvalue weighted by Crippen LogP contribution is -2.29. The minimum absolute atomic E-state index is 0.0151. The van der Waals surface area contributed by atoms with Crippen LogP contribution in [0.25, 0.3) is 5.76 Å². The summed E-state index contributed by atoms with van der Waals surface area (Å²) in [6, 6.07) is 12.2. The van der Waals surface area contributed by atoms with Crippen molar-refractivity contribution in [1.29, 1.82) is 0 Å². The van der Waals surface area contributed by atoms with Crippen LogP contribution in [-0.2, 0) is 15.8 Å². The Morgan fingerprint density at radius 3 is 2.19 bits per heavy atom. The standard InChI is InChI=1S/C27H21F4NO4/c1-3-36-21-13-6-17(14-15(21)2)24(33)22-23(16-4-9-19(28)10-5-16)32(26(35)25(22)34)20-11-7-18(8-12-20)27(29,30)31/h4-14,23,33H,3H2,1-2H3/b24-22-. The van der Waals surface area contributed by atoms with Crippen LogP contribution in [0.4, 0.5) is 23.2 Å². The molecule has 0 bridgehead atoms. The van der Waals surface area contributed by atoms with E-state index < -0.39 is 41.0 Å². The largest absolute Gasteiger partial charge is 0.507 e. The Hall–Kier alpha value is -4.14. The minimum Gasteiger partial charge on any atom is -0.507 e. The van der Waals surface area contributed by atoms with Gasteiger partial charge < -0.3 is 9.84 Å². The lowest BCUT2D eigenvalue weighted by Gasteiger charge is -2.25. The van der Waals surface area contributed by atoms with Crippen molar-refractivity contribution in [3.8, 4) is 5.75 Å². The highest BCUT2D eigenvalue weighted by Gasteiger charge is 2.47. The van der Waals surface area contributed by atoms with Gasteiger partial charge >= 0.3 is 6.18 Å². The van der Waals surface area contributed by atoms with Crippen LogP contribution in [0.2, 0.25) is 0 Å². The van der Waals surface area contributed by atoms with E-state index in [-0.39, 0.29) is 16.8 Å². The van der Waals surface area contributed by atoms with Crippen molar-refractivity contribution in [2.75, 3.05) is 11.5 Å². The first-order valence-electron chi connectivity index (χ1n) is 11.0. The molecule has 0 spiro atoms. The molecule has 9 heteroatoms. The van der Waals surface area contributed by atoms with Gasteiger partial charge in [0.2, 0.25) is 0 Å². The molecule has 0 aliphatic carbocycles. The lowest BCUT2D eigenvalue weighted by atomic mass is 9.94. The van der Waals surface area contributed by atoms with Gasteiger partial charge in [-0.15, -0.1) is 0 Å². The second kappa shape index (κ2) is 9.49. The highest BCUT2D eigenvalue weighted by molar-refractivity contribution is 6.51. The number of aryl methyl sites for hydroxylation is 1. The fraction of sp³-hybridized carbons (Fsp3) is 0.185. The molecule has 0 radical (unpaired) electrons. The molecule has 1 aliphatic rings. The Morgan fingerprint density at radius 1 is 1.00 bits per heavy atom. The molecular weight excluding hydrogens is 478 g/mol. The molecule has 1 unspecified atom stereocenters. The minimum atomic E-state index is -4.59. The molecule has 4 rings (SSSR count). The van der Waals surface area contributed by atoms with E-state index in [2.05, 4.69) is 0 Å². The number of amides is 1. The molecule has 1 fully saturated rings. The molecule has 186 valence electrons. The van der Waals surface area contributed by atoms with Gasteiger partial charge in [-0.1, -0.05) is 12.1 Å². The number of hydrogen-bond donors (Lipinski definition) is 1. The first kappa shape index (κ1) is 25.0. The Bertz CT molecular complexity index is 1350. The fourth-order valence-electron chi connectivity index (χ4n) is 4.14. The van der Waals surface area contributed by atoms with E-state index in [4.69, 9.17) is 4.74 Å². The highest BCUT2D eigenvalue weighted by Crippen LogP contribution is 2.43. The number of carbonyl (C=O) groups is 2. The molecule has 3 aromatic rings. The number of nitrogens with zero attached hydrogens (tertiary/aromatic N) is 1. The quantitative estimate of drug-likeness (QED) is 0.197. The zero-order chi connectivity index (χ0) is 26.2. The molecule has 0 aromatic heterocycles. The number of ketones is 1. The highest BCUT2D eigenvalue weighted by atomic mass is 19.4. The Labute approximate surface area is 204 Å². The number of rotatable bonds is 5. The van der Waals surface area contributed by atoms with E-state index in [1.54, 1.807) is 19.1 Å². The molecule has 1 saturated heterocycles. The smallest absolute Gasteiger partial charge is 0.416 e. The van der Waals surface area contributed by atoms with E-state index in [9.17, 15) is 32.3 Å². The Kier molecular flexibility index (Phi) is 6.58. The van der Waals surface area contributed by atoms with E-state index >= 15 is 0 Å². The molecule has 1 heterocycles. The SMILES string of the molecule is CCOc1ccc(/C(O)=C2/C(=O)C(=O)N(c3ccc(C(F)(F)F)cc3)C2c2ccc(F)cc2)cc1C. The van der Waals surface area contributed by atoms with Gasteiger partial charge in [0.25, 0.3) is 11.7 Å². The van der Waals surface area contributed by atoms with Crippen LogP contribution in [0.1, 0.15) is 35.2 Å². The maximum Gasteiger partial charge on any atom is 0.416 e. The van der Waals surface area contributed by atoms with E-state index in [1.165, 1.54) is 18.2 Å². The van der Waals surface area contributed by atoms with Gasteiger partial charge in [-0.25, -0.2) is 4.39 Å². The molecule has 5 nitrogen and oxygen atoms in total. The van der Waals surface area contributed by atoms with Crippen molar-refractivity contribution < 1.29 is 37.0 Å². The number of ether oxygens (including phenoxy) is 1. The van der Waals surface area contributed by atoms with Gasteiger partial charge in [0, 0.05) is 11.3 Å². The number of halogens is 4. The summed E-state index contributed by atoms with van der Waals surface area (Å²) in [5.41, 5.74) is 0.0341. The van der Waals surface area contributed by atoms with Gasteiger partial charge in [0.15, 0.2) is 0 Å². The van der Waals surface area contributed by atoms with Gasteiger partial charge in [-0.2, -0.15) is 13.2 Å². The molecule has 0 saturated carbocycles. The number of Topliss-reactive ketones (excluding diaryl/α,β-unsaturated/α-hetero) is 1. The Balaban J connectivity index is 1.88. The summed E-state index contributed by atoms with van der Waals surface area (Å²) in [6.45, 7) is 3.99. The number of aliphatic hydroxyl groups excluding tert-OH is 1. The van der Waals surface area contributed by atoms with Crippen LogP contribution in [0, 0.1) is 12.7 Å². The average Bonchev–Trinajstić information content (AvgIpc) is 3.10. The average molecular weight is 499 g/mol. The molecule has 1 atom stereocenters. The van der Waals surface area contributed by atoms with Crippen molar-refractivity contribution in [3.05, 3.63) is 100 Å². The molecule has 1 aliphatic heterocycles. The second-order valence-electron chi connectivity index (χ2n) is 8.18. The van der Waals surface area contributed by atoms with Crippen LogP contribution >= 0.6 is 0 Å². The number of aliphatic hydroxyl groups is 1. The third-order valence-corrected chi connectivity index (χ3v) is 5.85. The summed E-state index contributed by atoms with van der Waals surface area (Å²) in [5.74, 6) is -2.51. The monoisotopic (exact) mass is 499 g/mol. The maximum atomic E-state index is 13.6. The van der Waals surface area contributed by atoms with Crippen LogP contribution < -0.4 is 9.64 Å². The predicted molar refractivity (Wildman–Crippen MR) is 125 cm³/mol. The van der Waals surface area contributed by atoms with Crippen molar-refractivity contribution in [3.63, 3.8) is 0 Å². The van der Waals surface area contributed by atoms with Crippen LogP contribution in [0.15, 0.2) is 72.3 Å². The van der Waals surface area contributed by atoms with Crippen molar-refractivity contribution in [1.82, 2.24) is 0 Å². The normalized spacial score (nSPS) is 17.5. The molecule has 1 N–H and O–H groups in total. The topological polar surface area (TPSA) is 66.8 Å². The number of hydrogen-bond acceptors (Lipinski definition) is 4. The first-order valence-corrected chi connectivity index (χ1v) is 11.0. The van der Waals surface area contributed by atoms with Gasteiger partial charge in [-0.05, 0) is 79.6 Å². The summed E-state index contributed by atoms with van der Waals surface area (Å²) >= 11 is 0. The summed E-state index contributed by atoms with van der Waals surface area (Å²) in [5, 5.41) is 11.2. The fourth-order valence-corrected chi connectivity index (χ4v) is 4.14. The van der Waals surface area contributed by atoms with Crippen molar-refractivity contribution in [2.24, 2.45) is 0 Å². The number of carbonyl (C=O) groups excluding carboxylic acids is 2. The first-order chi connectivity index (χ1) is 17.0. The third kappa shape index (κ3) is 4.56.